The second-order valence-electron chi connectivity index (χ2n) is 16.2. The van der Waals surface area contributed by atoms with Crippen LogP contribution in [-0.4, -0.2) is 27.6 Å². The number of rotatable bonds is 26. The fraction of sp³-hybridized carbons (Fsp3) is 0.644. The van der Waals surface area contributed by atoms with Crippen LogP contribution in [-0.2, 0) is 27.1 Å². The summed E-state index contributed by atoms with van der Waals surface area (Å²) in [7, 11) is -1.76. The summed E-state index contributed by atoms with van der Waals surface area (Å²) in [6, 6.07) is 21.0. The van der Waals surface area contributed by atoms with Crippen molar-refractivity contribution in [1.82, 2.24) is 0 Å². The third kappa shape index (κ3) is 17.7. The van der Waals surface area contributed by atoms with Crippen LogP contribution in [0.25, 0.3) is 0 Å². The Morgan fingerprint density at radius 2 is 1.06 bits per heavy atom. The second kappa shape index (κ2) is 23.5. The lowest BCUT2D eigenvalue weighted by Crippen LogP contribution is -2.43. The molecule has 0 amide bonds. The molecule has 1 aliphatic carbocycles. The van der Waals surface area contributed by atoms with Gasteiger partial charge in [-0.05, 0) is 87.0 Å². The molecule has 2 aromatic rings. The SMILES string of the molecule is CC(C)(C)[Si](C)(C)OC1CCC(/C=C\CCCCCCCCOCc2ccccc2)(/C=C\CCCCCCCCOCc2ccccc2)C1. The Bertz CT molecular complexity index is 1080. The van der Waals surface area contributed by atoms with Gasteiger partial charge in [0, 0.05) is 24.7 Å². The van der Waals surface area contributed by atoms with Gasteiger partial charge in [0.15, 0.2) is 8.32 Å². The minimum atomic E-state index is -1.76. The van der Waals surface area contributed by atoms with Crippen LogP contribution in [0.15, 0.2) is 85.0 Å². The van der Waals surface area contributed by atoms with E-state index in [0.717, 1.165) is 32.8 Å². The first kappa shape index (κ1) is 41.4. The summed E-state index contributed by atoms with van der Waals surface area (Å²) in [4.78, 5) is 0. The Morgan fingerprint density at radius 3 is 1.51 bits per heavy atom. The molecule has 3 nitrogen and oxygen atoms in total. The number of hydrogen-bond donors (Lipinski definition) is 0. The number of benzene rings is 2. The molecule has 0 saturated heterocycles. The first-order chi connectivity index (χ1) is 23.7. The summed E-state index contributed by atoms with van der Waals surface area (Å²) in [5.41, 5.74) is 2.71. The maximum absolute atomic E-state index is 6.93. The first-order valence-corrected chi connectivity index (χ1v) is 22.9. The second-order valence-corrected chi connectivity index (χ2v) is 20.9. The van der Waals surface area contributed by atoms with E-state index >= 15 is 0 Å². The van der Waals surface area contributed by atoms with Crippen molar-refractivity contribution in [1.29, 1.82) is 0 Å². The molecule has 2 aromatic carbocycles. The molecule has 49 heavy (non-hydrogen) atoms. The monoisotopic (exact) mass is 689 g/mol. The lowest BCUT2D eigenvalue weighted by molar-refractivity contribution is 0.116. The Balaban J connectivity index is 1.30. The lowest BCUT2D eigenvalue weighted by atomic mass is 9.84. The van der Waals surface area contributed by atoms with Crippen molar-refractivity contribution in [2.75, 3.05) is 13.2 Å². The third-order valence-electron chi connectivity index (χ3n) is 10.7. The molecule has 274 valence electrons. The van der Waals surface area contributed by atoms with Crippen molar-refractivity contribution in [2.45, 2.75) is 167 Å². The van der Waals surface area contributed by atoms with Gasteiger partial charge in [-0.1, -0.05) is 157 Å². The van der Waals surface area contributed by atoms with Gasteiger partial charge in [0.25, 0.3) is 0 Å². The van der Waals surface area contributed by atoms with Gasteiger partial charge in [0.1, 0.15) is 0 Å². The minimum absolute atomic E-state index is 0.173. The van der Waals surface area contributed by atoms with E-state index in [4.69, 9.17) is 13.9 Å². The van der Waals surface area contributed by atoms with Crippen LogP contribution in [0.1, 0.15) is 141 Å². The van der Waals surface area contributed by atoms with E-state index in [-0.39, 0.29) is 10.5 Å². The minimum Gasteiger partial charge on any atom is -0.414 e. The number of unbranched alkanes of at least 4 members (excludes halogenated alkanes) is 12. The smallest absolute Gasteiger partial charge is 0.192 e. The van der Waals surface area contributed by atoms with Crippen molar-refractivity contribution in [3.8, 4) is 0 Å². The summed E-state index contributed by atoms with van der Waals surface area (Å²) in [5.74, 6) is 0. The Kier molecular flexibility index (Phi) is 19.9. The Hall–Kier alpha value is -1.98. The Morgan fingerprint density at radius 1 is 0.633 bits per heavy atom. The van der Waals surface area contributed by atoms with Gasteiger partial charge in [0.2, 0.25) is 0 Å². The lowest BCUT2D eigenvalue weighted by Gasteiger charge is -2.38. The van der Waals surface area contributed by atoms with Crippen LogP contribution in [0.3, 0.4) is 0 Å². The van der Waals surface area contributed by atoms with E-state index in [9.17, 15) is 0 Å². The predicted molar refractivity (Wildman–Crippen MR) is 213 cm³/mol. The van der Waals surface area contributed by atoms with Crippen LogP contribution >= 0.6 is 0 Å². The van der Waals surface area contributed by atoms with E-state index in [2.05, 4.69) is 119 Å². The van der Waals surface area contributed by atoms with Crippen molar-refractivity contribution in [2.24, 2.45) is 5.41 Å². The molecule has 1 atom stereocenters. The molecule has 0 aromatic heterocycles. The highest BCUT2D eigenvalue weighted by molar-refractivity contribution is 6.74. The van der Waals surface area contributed by atoms with Crippen LogP contribution in [0.5, 0.6) is 0 Å². The van der Waals surface area contributed by atoms with Gasteiger partial charge in [-0.3, -0.25) is 0 Å². The normalized spacial score (nSPS) is 16.7. The molecule has 0 bridgehead atoms. The zero-order chi connectivity index (χ0) is 35.1. The maximum atomic E-state index is 6.93. The molecule has 0 heterocycles. The number of ether oxygens (including phenoxy) is 2. The maximum Gasteiger partial charge on any atom is 0.192 e. The fourth-order valence-electron chi connectivity index (χ4n) is 6.62. The fourth-order valence-corrected chi connectivity index (χ4v) is 8.01. The number of hydrogen-bond acceptors (Lipinski definition) is 3. The van der Waals surface area contributed by atoms with Crippen molar-refractivity contribution < 1.29 is 13.9 Å². The topological polar surface area (TPSA) is 27.7 Å². The highest BCUT2D eigenvalue weighted by Gasteiger charge is 2.43. The van der Waals surface area contributed by atoms with Crippen LogP contribution < -0.4 is 0 Å². The van der Waals surface area contributed by atoms with Crippen molar-refractivity contribution in [3.63, 3.8) is 0 Å². The average molecular weight is 689 g/mol. The molecule has 1 aliphatic rings. The molecule has 3 rings (SSSR count). The number of allylic oxidation sites excluding steroid dienone is 4. The molecule has 1 saturated carbocycles. The van der Waals surface area contributed by atoms with E-state index in [1.54, 1.807) is 0 Å². The van der Waals surface area contributed by atoms with E-state index < -0.39 is 8.32 Å². The molecule has 0 radical (unpaired) electrons. The largest absolute Gasteiger partial charge is 0.414 e. The molecule has 1 unspecified atom stereocenters. The molecule has 0 N–H and O–H groups in total. The van der Waals surface area contributed by atoms with Gasteiger partial charge in [0.05, 0.1) is 13.2 Å². The average Bonchev–Trinajstić information content (AvgIpc) is 3.47. The summed E-state index contributed by atoms with van der Waals surface area (Å²) < 4.78 is 18.6. The van der Waals surface area contributed by atoms with Crippen LogP contribution in [0, 0.1) is 5.41 Å². The van der Waals surface area contributed by atoms with Crippen molar-refractivity contribution in [3.05, 3.63) is 96.1 Å². The summed E-state index contributed by atoms with van der Waals surface area (Å²) >= 11 is 0. The molecule has 1 fully saturated rings. The molecular formula is C45H72O3Si. The Labute approximate surface area is 303 Å². The zero-order valence-corrected chi connectivity index (χ0v) is 33.2. The summed E-state index contributed by atoms with van der Waals surface area (Å²) in [6.07, 6.45) is 31.9. The van der Waals surface area contributed by atoms with Gasteiger partial charge in [-0.15, -0.1) is 0 Å². The molecule has 0 aliphatic heterocycles. The summed E-state index contributed by atoms with van der Waals surface area (Å²) in [5, 5.41) is 0.258. The van der Waals surface area contributed by atoms with Crippen LogP contribution in [0.4, 0.5) is 0 Å². The van der Waals surface area contributed by atoms with E-state index in [0.29, 0.717) is 6.10 Å². The quantitative estimate of drug-likeness (QED) is 0.0559. The third-order valence-corrected chi connectivity index (χ3v) is 15.3. The van der Waals surface area contributed by atoms with Crippen LogP contribution in [0.2, 0.25) is 18.1 Å². The highest BCUT2D eigenvalue weighted by Crippen LogP contribution is 2.46. The van der Waals surface area contributed by atoms with Gasteiger partial charge in [-0.25, -0.2) is 0 Å². The van der Waals surface area contributed by atoms with E-state index in [1.165, 1.54) is 114 Å². The predicted octanol–water partition coefficient (Wildman–Crippen LogP) is 13.6. The molecule has 0 spiro atoms. The standard InChI is InChI=1S/C45H72O3Si/c1-44(2,3)49(4,5)48-43-32-35-45(38-43,33-24-14-10-6-8-12-16-26-36-46-39-41-28-20-18-21-29-41)34-25-15-11-7-9-13-17-27-37-47-40-42-30-22-19-23-31-42/h18-25,28-31,33-34,43H,6-17,26-27,32,35-40H2,1-5H3/b33-24-,34-25-. The van der Waals surface area contributed by atoms with Crippen molar-refractivity contribution >= 4 is 8.32 Å². The van der Waals surface area contributed by atoms with E-state index in [1.807, 2.05) is 0 Å². The summed E-state index contributed by atoms with van der Waals surface area (Å²) in [6.45, 7) is 15.1. The van der Waals surface area contributed by atoms with Gasteiger partial charge in [-0.2, -0.15) is 0 Å². The zero-order valence-electron chi connectivity index (χ0n) is 32.2. The molecular weight excluding hydrogens is 617 g/mol. The van der Waals surface area contributed by atoms with Gasteiger partial charge < -0.3 is 13.9 Å². The molecule has 4 heteroatoms. The first-order valence-electron chi connectivity index (χ1n) is 20.0. The highest BCUT2D eigenvalue weighted by atomic mass is 28.4. The van der Waals surface area contributed by atoms with Gasteiger partial charge >= 0.3 is 0 Å².